The molecule has 0 saturated heterocycles. The van der Waals surface area contributed by atoms with Crippen molar-refractivity contribution in [3.8, 4) is 0 Å². The number of nitrogens with one attached hydrogen (secondary N) is 1. The van der Waals surface area contributed by atoms with Gasteiger partial charge in [-0.1, -0.05) is 12.2 Å². The van der Waals surface area contributed by atoms with Crippen LogP contribution in [-0.2, 0) is 6.54 Å². The number of pyridine rings is 1. The first-order valence-electron chi connectivity index (χ1n) is 5.84. The van der Waals surface area contributed by atoms with Gasteiger partial charge in [0.15, 0.2) is 0 Å². The van der Waals surface area contributed by atoms with Crippen LogP contribution < -0.4 is 11.1 Å². The predicted molar refractivity (Wildman–Crippen MR) is 79.0 cm³/mol. The molecule has 0 bridgehead atoms. The van der Waals surface area contributed by atoms with Crippen molar-refractivity contribution in [2.75, 3.05) is 5.32 Å². The molecule has 0 atom stereocenters. The molecule has 0 aliphatic carbocycles. The van der Waals surface area contributed by atoms with Crippen LogP contribution in [0.4, 0.5) is 5.82 Å². The van der Waals surface area contributed by atoms with E-state index in [1.807, 2.05) is 26.0 Å². The van der Waals surface area contributed by atoms with E-state index in [1.54, 1.807) is 6.20 Å². The first kappa shape index (κ1) is 13.4. The summed E-state index contributed by atoms with van der Waals surface area (Å²) < 4.78 is 0. The number of nitrogens with zero attached hydrogens (tertiary/aromatic N) is 3. The van der Waals surface area contributed by atoms with Gasteiger partial charge in [-0.05, 0) is 31.5 Å². The smallest absolute Gasteiger partial charge is 0.137 e. The number of anilines is 1. The molecule has 6 heteroatoms. The second-order valence-electron chi connectivity index (χ2n) is 4.22. The van der Waals surface area contributed by atoms with E-state index in [0.29, 0.717) is 17.4 Å². The molecule has 0 aromatic carbocycles. The van der Waals surface area contributed by atoms with Gasteiger partial charge >= 0.3 is 0 Å². The standard InChI is InChI=1S/C13H15N5S/c1-8-5-9(2)18-13(11(8)12(14)19)16-6-10-3-4-15-7-17-10/h3-5,7H,6H2,1-2H3,(H2,14,19)(H,16,18). The van der Waals surface area contributed by atoms with Crippen molar-refractivity contribution < 1.29 is 0 Å². The molecule has 2 rings (SSSR count). The van der Waals surface area contributed by atoms with E-state index in [2.05, 4.69) is 20.3 Å². The van der Waals surface area contributed by atoms with Gasteiger partial charge in [0.2, 0.25) is 0 Å². The van der Waals surface area contributed by atoms with Gasteiger partial charge in [0.25, 0.3) is 0 Å². The molecule has 2 aromatic rings. The zero-order chi connectivity index (χ0) is 13.8. The van der Waals surface area contributed by atoms with E-state index in [0.717, 1.165) is 22.5 Å². The number of aromatic nitrogens is 3. The van der Waals surface area contributed by atoms with Gasteiger partial charge < -0.3 is 11.1 Å². The number of thiocarbonyl (C=S) groups is 1. The van der Waals surface area contributed by atoms with Crippen LogP contribution in [0.15, 0.2) is 24.7 Å². The molecule has 0 fully saturated rings. The highest BCUT2D eigenvalue weighted by Crippen LogP contribution is 2.19. The topological polar surface area (TPSA) is 76.7 Å². The highest BCUT2D eigenvalue weighted by Gasteiger charge is 2.11. The van der Waals surface area contributed by atoms with Crippen molar-refractivity contribution in [1.82, 2.24) is 15.0 Å². The Bertz CT molecular complexity index is 597. The SMILES string of the molecule is Cc1cc(C)c(C(N)=S)c(NCc2ccncn2)n1. The van der Waals surface area contributed by atoms with Crippen molar-refractivity contribution in [2.45, 2.75) is 20.4 Å². The normalized spacial score (nSPS) is 10.2. The Morgan fingerprint density at radius 2 is 2.21 bits per heavy atom. The Morgan fingerprint density at radius 1 is 1.42 bits per heavy atom. The van der Waals surface area contributed by atoms with Crippen LogP contribution in [0.1, 0.15) is 22.5 Å². The van der Waals surface area contributed by atoms with Gasteiger partial charge in [0, 0.05) is 11.9 Å². The Hall–Kier alpha value is -2.08. The summed E-state index contributed by atoms with van der Waals surface area (Å²) >= 11 is 5.08. The predicted octanol–water partition coefficient (Wildman–Crippen LogP) is 1.73. The van der Waals surface area contributed by atoms with Gasteiger partial charge in [0.05, 0.1) is 17.8 Å². The molecule has 2 heterocycles. The fraction of sp³-hybridized carbons (Fsp3) is 0.231. The van der Waals surface area contributed by atoms with E-state index >= 15 is 0 Å². The largest absolute Gasteiger partial charge is 0.389 e. The van der Waals surface area contributed by atoms with Crippen molar-refractivity contribution in [1.29, 1.82) is 0 Å². The zero-order valence-electron chi connectivity index (χ0n) is 10.8. The third-order valence-electron chi connectivity index (χ3n) is 2.67. The summed E-state index contributed by atoms with van der Waals surface area (Å²) in [4.78, 5) is 12.8. The Morgan fingerprint density at radius 3 is 2.84 bits per heavy atom. The molecule has 5 nitrogen and oxygen atoms in total. The van der Waals surface area contributed by atoms with Crippen LogP contribution in [-0.4, -0.2) is 19.9 Å². The van der Waals surface area contributed by atoms with E-state index in [4.69, 9.17) is 18.0 Å². The molecule has 0 unspecified atom stereocenters. The van der Waals surface area contributed by atoms with Crippen LogP contribution in [0.3, 0.4) is 0 Å². The molecule has 3 N–H and O–H groups in total. The number of nitrogens with two attached hydrogens (primary N) is 1. The minimum atomic E-state index is 0.343. The molecule has 0 aliphatic rings. The minimum Gasteiger partial charge on any atom is -0.389 e. The molecule has 0 saturated carbocycles. The van der Waals surface area contributed by atoms with Crippen LogP contribution >= 0.6 is 12.2 Å². The Labute approximate surface area is 117 Å². The molecule has 2 aromatic heterocycles. The number of aryl methyl sites for hydroxylation is 2. The molecule has 19 heavy (non-hydrogen) atoms. The number of rotatable bonds is 4. The summed E-state index contributed by atoms with van der Waals surface area (Å²) in [5, 5.41) is 3.22. The number of hydrogen-bond acceptors (Lipinski definition) is 5. The fourth-order valence-electron chi connectivity index (χ4n) is 1.87. The maximum atomic E-state index is 5.76. The summed E-state index contributed by atoms with van der Waals surface area (Å²) in [6.07, 6.45) is 3.22. The van der Waals surface area contributed by atoms with Gasteiger partial charge in [-0.2, -0.15) is 0 Å². The van der Waals surface area contributed by atoms with Gasteiger partial charge in [-0.15, -0.1) is 0 Å². The molecule has 0 aliphatic heterocycles. The van der Waals surface area contributed by atoms with Crippen LogP contribution in [0.2, 0.25) is 0 Å². The second kappa shape index (κ2) is 5.71. The minimum absolute atomic E-state index is 0.343. The molecule has 0 radical (unpaired) electrons. The van der Waals surface area contributed by atoms with Gasteiger partial charge in [0.1, 0.15) is 17.1 Å². The maximum Gasteiger partial charge on any atom is 0.137 e. The lowest BCUT2D eigenvalue weighted by Gasteiger charge is -2.13. The zero-order valence-corrected chi connectivity index (χ0v) is 11.7. The lowest BCUT2D eigenvalue weighted by Crippen LogP contribution is -2.17. The summed E-state index contributed by atoms with van der Waals surface area (Å²) in [5.41, 5.74) is 9.36. The van der Waals surface area contributed by atoms with Crippen LogP contribution in [0.25, 0.3) is 0 Å². The van der Waals surface area contributed by atoms with Crippen molar-refractivity contribution in [3.63, 3.8) is 0 Å². The molecule has 0 spiro atoms. The van der Waals surface area contributed by atoms with Crippen molar-refractivity contribution >= 4 is 23.0 Å². The lowest BCUT2D eigenvalue weighted by atomic mass is 10.1. The monoisotopic (exact) mass is 273 g/mol. The quantitative estimate of drug-likeness (QED) is 0.826. The summed E-state index contributed by atoms with van der Waals surface area (Å²) in [5.74, 6) is 0.698. The van der Waals surface area contributed by atoms with Gasteiger partial charge in [-0.3, -0.25) is 0 Å². The molecule has 0 amide bonds. The summed E-state index contributed by atoms with van der Waals surface area (Å²) in [6.45, 7) is 4.46. The lowest BCUT2D eigenvalue weighted by molar-refractivity contribution is 0.989. The van der Waals surface area contributed by atoms with E-state index in [1.165, 1.54) is 6.33 Å². The van der Waals surface area contributed by atoms with E-state index < -0.39 is 0 Å². The summed E-state index contributed by atoms with van der Waals surface area (Å²) in [6, 6.07) is 3.81. The average Bonchev–Trinajstić information content (AvgIpc) is 2.36. The first-order chi connectivity index (χ1) is 9.08. The fourth-order valence-corrected chi connectivity index (χ4v) is 2.13. The van der Waals surface area contributed by atoms with Crippen LogP contribution in [0.5, 0.6) is 0 Å². The third kappa shape index (κ3) is 3.23. The highest BCUT2D eigenvalue weighted by atomic mass is 32.1. The molecule has 98 valence electrons. The first-order valence-corrected chi connectivity index (χ1v) is 6.25. The Balaban J connectivity index is 2.27. The maximum absolute atomic E-state index is 5.76. The molecular weight excluding hydrogens is 258 g/mol. The van der Waals surface area contributed by atoms with E-state index in [-0.39, 0.29) is 0 Å². The van der Waals surface area contributed by atoms with Crippen LogP contribution in [0, 0.1) is 13.8 Å². The van der Waals surface area contributed by atoms with Gasteiger partial charge in [-0.25, -0.2) is 15.0 Å². The molecular formula is C13H15N5S. The van der Waals surface area contributed by atoms with Crippen molar-refractivity contribution in [2.24, 2.45) is 5.73 Å². The third-order valence-corrected chi connectivity index (χ3v) is 2.88. The second-order valence-corrected chi connectivity index (χ2v) is 4.66. The summed E-state index contributed by atoms with van der Waals surface area (Å²) in [7, 11) is 0. The Kier molecular flexibility index (Phi) is 4.01. The van der Waals surface area contributed by atoms with Crippen molar-refractivity contribution in [3.05, 3.63) is 47.2 Å². The average molecular weight is 273 g/mol. The van der Waals surface area contributed by atoms with E-state index in [9.17, 15) is 0 Å². The highest BCUT2D eigenvalue weighted by molar-refractivity contribution is 7.80. The number of hydrogen-bond donors (Lipinski definition) is 2.